The van der Waals surface area contributed by atoms with E-state index in [1.54, 1.807) is 18.8 Å². The standard InChI is InChI=1S/C27H28Cl2N6O6/c1-39-18-4-3-14(7-19(18)40-2)5-6-30-24-22-25(32-12-31-24)35(13-33-22)27-21(23(37)20(11-36)41-27)34-26(38)15-8-16(28)10-17(29)9-15/h3-4,7-10,12-13,20-21,23,27,36-37H,5-6,11H2,1-2H3,(H,34,38)(H,30,31,32)/t20-,21-,23-,27-/m1/s1. The van der Waals surface area contributed by atoms with Gasteiger partial charge in [-0.25, -0.2) is 15.0 Å². The number of anilines is 1. The molecule has 2 aromatic heterocycles. The third kappa shape index (κ3) is 6.02. The van der Waals surface area contributed by atoms with Gasteiger partial charge in [-0.05, 0) is 42.3 Å². The zero-order valence-electron chi connectivity index (χ0n) is 22.1. The monoisotopic (exact) mass is 602 g/mol. The minimum Gasteiger partial charge on any atom is -0.493 e. The van der Waals surface area contributed by atoms with Crippen LogP contribution in [0, 0.1) is 0 Å². The van der Waals surface area contributed by atoms with Crippen molar-refractivity contribution < 1.29 is 29.2 Å². The average Bonchev–Trinajstić information content (AvgIpc) is 3.53. The van der Waals surface area contributed by atoms with Crippen LogP contribution in [0.1, 0.15) is 22.1 Å². The van der Waals surface area contributed by atoms with Crippen LogP contribution in [0.3, 0.4) is 0 Å². The molecule has 1 aliphatic rings. The van der Waals surface area contributed by atoms with E-state index in [-0.39, 0.29) is 5.56 Å². The van der Waals surface area contributed by atoms with Gasteiger partial charge in [0.1, 0.15) is 24.6 Å². The Bertz CT molecular complexity index is 1530. The number of nitrogens with one attached hydrogen (secondary N) is 2. The number of amides is 1. The van der Waals surface area contributed by atoms with Crippen LogP contribution >= 0.6 is 23.2 Å². The summed E-state index contributed by atoms with van der Waals surface area (Å²) in [4.78, 5) is 26.2. The second kappa shape index (κ2) is 12.5. The molecule has 14 heteroatoms. The summed E-state index contributed by atoms with van der Waals surface area (Å²) in [7, 11) is 3.18. The van der Waals surface area contributed by atoms with Crippen LogP contribution in [-0.4, -0.2) is 81.3 Å². The number of nitrogens with zero attached hydrogens (tertiary/aromatic N) is 4. The van der Waals surface area contributed by atoms with Crippen molar-refractivity contribution in [3.05, 3.63) is 70.2 Å². The normalized spacial score (nSPS) is 20.2. The number of aliphatic hydroxyl groups excluding tert-OH is 2. The molecule has 0 bridgehead atoms. The molecule has 1 aliphatic heterocycles. The molecule has 41 heavy (non-hydrogen) atoms. The zero-order valence-corrected chi connectivity index (χ0v) is 23.6. The molecule has 0 aliphatic carbocycles. The molecular formula is C27H28Cl2N6O6. The maximum atomic E-state index is 13.1. The van der Waals surface area contributed by atoms with E-state index < -0.39 is 37.0 Å². The van der Waals surface area contributed by atoms with Crippen LogP contribution in [0.4, 0.5) is 5.82 Å². The Kier molecular flexibility index (Phi) is 8.76. The predicted molar refractivity (Wildman–Crippen MR) is 152 cm³/mol. The molecule has 4 atom stereocenters. The number of hydrogen-bond donors (Lipinski definition) is 4. The van der Waals surface area contributed by atoms with Crippen LogP contribution in [-0.2, 0) is 11.2 Å². The molecule has 1 saturated heterocycles. The molecule has 4 N–H and O–H groups in total. The first-order valence-corrected chi connectivity index (χ1v) is 13.4. The van der Waals surface area contributed by atoms with E-state index in [1.807, 2.05) is 18.2 Å². The highest BCUT2D eigenvalue weighted by Crippen LogP contribution is 2.33. The number of carbonyl (C=O) groups excluding carboxylic acids is 1. The minimum absolute atomic E-state index is 0.208. The number of halogens is 2. The maximum absolute atomic E-state index is 13.1. The van der Waals surface area contributed by atoms with Crippen LogP contribution < -0.4 is 20.1 Å². The molecule has 0 spiro atoms. The summed E-state index contributed by atoms with van der Waals surface area (Å²) in [5, 5.41) is 27.3. The second-order valence-corrected chi connectivity index (χ2v) is 10.2. The number of aromatic nitrogens is 4. The molecule has 0 unspecified atom stereocenters. The predicted octanol–water partition coefficient (Wildman–Crippen LogP) is 2.85. The number of hydrogen-bond acceptors (Lipinski definition) is 10. The van der Waals surface area contributed by atoms with E-state index in [0.717, 1.165) is 5.56 Å². The molecule has 1 amide bonds. The third-order valence-electron chi connectivity index (χ3n) is 6.76. The van der Waals surface area contributed by atoms with E-state index in [1.165, 1.54) is 30.9 Å². The topological polar surface area (TPSA) is 153 Å². The fourth-order valence-electron chi connectivity index (χ4n) is 4.74. The molecule has 2 aromatic carbocycles. The molecule has 0 saturated carbocycles. The summed E-state index contributed by atoms with van der Waals surface area (Å²) < 4.78 is 18.2. The first kappa shape index (κ1) is 28.8. The largest absolute Gasteiger partial charge is 0.493 e. The number of imidazole rings is 1. The Balaban J connectivity index is 1.36. The zero-order chi connectivity index (χ0) is 29.1. The van der Waals surface area contributed by atoms with Gasteiger partial charge in [0.25, 0.3) is 5.91 Å². The summed E-state index contributed by atoms with van der Waals surface area (Å²) in [5.41, 5.74) is 2.13. The molecule has 216 valence electrons. The van der Waals surface area contributed by atoms with Crippen molar-refractivity contribution in [3.63, 3.8) is 0 Å². The summed E-state index contributed by atoms with van der Waals surface area (Å²) in [6, 6.07) is 9.20. The second-order valence-electron chi connectivity index (χ2n) is 9.31. The first-order valence-electron chi connectivity index (χ1n) is 12.7. The number of rotatable bonds is 10. The Hall–Kier alpha value is -3.68. The summed E-state index contributed by atoms with van der Waals surface area (Å²) in [5.74, 6) is 1.27. The summed E-state index contributed by atoms with van der Waals surface area (Å²) in [6.45, 7) is 0.0815. The lowest BCUT2D eigenvalue weighted by molar-refractivity contribution is -0.0440. The van der Waals surface area contributed by atoms with Crippen LogP contribution in [0.25, 0.3) is 11.2 Å². The quantitative estimate of drug-likeness (QED) is 0.213. The number of ether oxygens (including phenoxy) is 3. The summed E-state index contributed by atoms with van der Waals surface area (Å²) >= 11 is 12.1. The summed E-state index contributed by atoms with van der Waals surface area (Å²) in [6.07, 6.45) is 0.444. The van der Waals surface area contributed by atoms with Crippen molar-refractivity contribution >= 4 is 46.1 Å². The highest BCUT2D eigenvalue weighted by molar-refractivity contribution is 6.35. The highest BCUT2D eigenvalue weighted by atomic mass is 35.5. The van der Waals surface area contributed by atoms with Crippen molar-refractivity contribution in [3.8, 4) is 11.5 Å². The number of benzene rings is 2. The van der Waals surface area contributed by atoms with E-state index in [9.17, 15) is 15.0 Å². The van der Waals surface area contributed by atoms with E-state index in [0.29, 0.717) is 51.5 Å². The van der Waals surface area contributed by atoms with Gasteiger partial charge >= 0.3 is 0 Å². The third-order valence-corrected chi connectivity index (χ3v) is 7.20. The Morgan fingerprint density at radius 2 is 1.83 bits per heavy atom. The molecular weight excluding hydrogens is 575 g/mol. The first-order chi connectivity index (χ1) is 19.8. The SMILES string of the molecule is COc1ccc(CCNc2ncnc3c2ncn3[C@@H]2O[C@H](CO)[C@@H](O)[C@H]2NC(=O)c2cc(Cl)cc(Cl)c2)cc1OC. The van der Waals surface area contributed by atoms with Crippen molar-refractivity contribution in [2.75, 3.05) is 32.7 Å². The van der Waals surface area contributed by atoms with Crippen LogP contribution in [0.2, 0.25) is 10.0 Å². The maximum Gasteiger partial charge on any atom is 0.251 e. The van der Waals surface area contributed by atoms with Gasteiger partial charge in [0, 0.05) is 22.2 Å². The van der Waals surface area contributed by atoms with Crippen molar-refractivity contribution in [1.29, 1.82) is 0 Å². The van der Waals surface area contributed by atoms with Crippen LogP contribution in [0.15, 0.2) is 49.1 Å². The molecule has 12 nitrogen and oxygen atoms in total. The number of aliphatic hydroxyl groups is 2. The lowest BCUT2D eigenvalue weighted by Gasteiger charge is -2.23. The Morgan fingerprint density at radius 1 is 1.07 bits per heavy atom. The van der Waals surface area contributed by atoms with Gasteiger partial charge < -0.3 is 35.1 Å². The van der Waals surface area contributed by atoms with E-state index in [4.69, 9.17) is 37.4 Å². The van der Waals surface area contributed by atoms with Crippen molar-refractivity contribution in [2.45, 2.75) is 30.9 Å². The Morgan fingerprint density at radius 3 is 2.54 bits per heavy atom. The van der Waals surface area contributed by atoms with Gasteiger partial charge in [0.2, 0.25) is 0 Å². The fraction of sp³-hybridized carbons (Fsp3) is 0.333. The van der Waals surface area contributed by atoms with Gasteiger partial charge in [-0.15, -0.1) is 0 Å². The molecule has 4 aromatic rings. The van der Waals surface area contributed by atoms with Crippen molar-refractivity contribution in [2.24, 2.45) is 0 Å². The molecule has 0 radical (unpaired) electrons. The Labute approximate surface area is 245 Å². The molecule has 1 fully saturated rings. The number of fused-ring (bicyclic) bond motifs is 1. The van der Waals surface area contributed by atoms with Crippen LogP contribution in [0.5, 0.6) is 11.5 Å². The fourth-order valence-corrected chi connectivity index (χ4v) is 5.27. The van der Waals surface area contributed by atoms with Gasteiger partial charge in [0.15, 0.2) is 34.7 Å². The smallest absolute Gasteiger partial charge is 0.251 e. The van der Waals surface area contributed by atoms with Crippen molar-refractivity contribution in [1.82, 2.24) is 24.8 Å². The molecule has 3 heterocycles. The van der Waals surface area contributed by atoms with Gasteiger partial charge in [0.05, 0.1) is 27.2 Å². The number of carbonyl (C=O) groups is 1. The molecule has 5 rings (SSSR count). The van der Waals surface area contributed by atoms with Gasteiger partial charge in [-0.3, -0.25) is 9.36 Å². The number of methoxy groups -OCH3 is 2. The van der Waals surface area contributed by atoms with E-state index in [2.05, 4.69) is 25.6 Å². The lowest BCUT2D eigenvalue weighted by Crippen LogP contribution is -2.46. The highest BCUT2D eigenvalue weighted by Gasteiger charge is 2.46. The lowest BCUT2D eigenvalue weighted by atomic mass is 10.1. The van der Waals surface area contributed by atoms with Gasteiger partial charge in [-0.2, -0.15) is 0 Å². The van der Waals surface area contributed by atoms with E-state index >= 15 is 0 Å². The van der Waals surface area contributed by atoms with Gasteiger partial charge in [-0.1, -0.05) is 29.3 Å². The average molecular weight is 603 g/mol. The minimum atomic E-state index is -1.22.